The number of benzene rings is 1. The highest BCUT2D eigenvalue weighted by atomic mass is 32.2. The third kappa shape index (κ3) is 6.66. The predicted molar refractivity (Wildman–Crippen MR) is 79.8 cm³/mol. The molecule has 0 fully saturated rings. The molecule has 114 valence electrons. The van der Waals surface area contributed by atoms with Gasteiger partial charge in [0, 0.05) is 11.8 Å². The largest absolute Gasteiger partial charge is 0.441 e. The van der Waals surface area contributed by atoms with Crippen LogP contribution in [0, 0.1) is 5.92 Å². The Morgan fingerprint density at radius 1 is 1.20 bits per heavy atom. The summed E-state index contributed by atoms with van der Waals surface area (Å²) in [6, 6.07) is 10.1. The molecule has 0 saturated heterocycles. The first kappa shape index (κ1) is 17.4. The first-order valence-electron chi connectivity index (χ1n) is 6.93. The number of halogens is 3. The standard InChI is InChI=1S/C15H22F3NS/c1-3-10-19-14(13-7-5-4-6-8-13)12(2)9-11-20-15(16,17)18/h4-8,12,14,19H,3,9-11H2,1-2H3. The average Bonchev–Trinajstić information content (AvgIpc) is 2.39. The molecule has 0 aliphatic carbocycles. The Morgan fingerprint density at radius 2 is 1.85 bits per heavy atom. The maximum absolute atomic E-state index is 12.2. The molecule has 20 heavy (non-hydrogen) atoms. The van der Waals surface area contributed by atoms with E-state index in [1.807, 2.05) is 37.3 Å². The van der Waals surface area contributed by atoms with E-state index in [1.54, 1.807) is 0 Å². The van der Waals surface area contributed by atoms with Crippen molar-refractivity contribution < 1.29 is 13.2 Å². The maximum atomic E-state index is 12.2. The van der Waals surface area contributed by atoms with Crippen molar-refractivity contribution in [3.05, 3.63) is 35.9 Å². The van der Waals surface area contributed by atoms with Crippen LogP contribution in [0.3, 0.4) is 0 Å². The van der Waals surface area contributed by atoms with Crippen molar-refractivity contribution in [2.75, 3.05) is 12.3 Å². The number of thioether (sulfide) groups is 1. The first-order valence-corrected chi connectivity index (χ1v) is 7.91. The van der Waals surface area contributed by atoms with Gasteiger partial charge in [0.2, 0.25) is 0 Å². The second kappa shape index (κ2) is 8.57. The molecule has 0 radical (unpaired) electrons. The van der Waals surface area contributed by atoms with Gasteiger partial charge in [-0.05, 0) is 30.9 Å². The van der Waals surface area contributed by atoms with Gasteiger partial charge in [-0.3, -0.25) is 0 Å². The van der Waals surface area contributed by atoms with Crippen molar-refractivity contribution in [3.8, 4) is 0 Å². The molecule has 0 aliphatic rings. The molecule has 1 rings (SSSR count). The lowest BCUT2D eigenvalue weighted by molar-refractivity contribution is -0.0328. The minimum atomic E-state index is -4.13. The zero-order valence-corrected chi connectivity index (χ0v) is 12.7. The van der Waals surface area contributed by atoms with Gasteiger partial charge < -0.3 is 5.32 Å². The third-order valence-corrected chi connectivity index (χ3v) is 3.95. The quantitative estimate of drug-likeness (QED) is 0.725. The molecule has 1 nitrogen and oxygen atoms in total. The van der Waals surface area contributed by atoms with E-state index in [2.05, 4.69) is 12.2 Å². The van der Waals surface area contributed by atoms with Crippen LogP contribution in [-0.4, -0.2) is 17.8 Å². The van der Waals surface area contributed by atoms with Crippen LogP contribution in [0.2, 0.25) is 0 Å². The summed E-state index contributed by atoms with van der Waals surface area (Å²) < 4.78 is 36.5. The van der Waals surface area contributed by atoms with Crippen LogP contribution in [-0.2, 0) is 0 Å². The lowest BCUT2D eigenvalue weighted by Crippen LogP contribution is -2.28. The third-order valence-electron chi connectivity index (χ3n) is 3.18. The summed E-state index contributed by atoms with van der Waals surface area (Å²) in [6.45, 7) is 4.97. The highest BCUT2D eigenvalue weighted by Crippen LogP contribution is 2.33. The van der Waals surface area contributed by atoms with Gasteiger partial charge in [0.05, 0.1) is 0 Å². The molecular weight excluding hydrogens is 283 g/mol. The van der Waals surface area contributed by atoms with Gasteiger partial charge in [-0.2, -0.15) is 13.2 Å². The van der Waals surface area contributed by atoms with E-state index in [0.717, 1.165) is 18.5 Å². The lowest BCUT2D eigenvalue weighted by Gasteiger charge is -2.26. The Hall–Kier alpha value is -0.680. The summed E-state index contributed by atoms with van der Waals surface area (Å²) >= 11 is 0.0706. The second-order valence-electron chi connectivity index (χ2n) is 4.90. The van der Waals surface area contributed by atoms with Crippen LogP contribution in [0.4, 0.5) is 13.2 Å². The topological polar surface area (TPSA) is 12.0 Å². The molecule has 1 N–H and O–H groups in total. The van der Waals surface area contributed by atoms with E-state index in [9.17, 15) is 13.2 Å². The highest BCUT2D eigenvalue weighted by Gasteiger charge is 2.28. The molecule has 0 heterocycles. The second-order valence-corrected chi connectivity index (χ2v) is 6.06. The molecule has 1 aromatic carbocycles. The van der Waals surface area contributed by atoms with Crippen molar-refractivity contribution in [2.24, 2.45) is 5.92 Å². The highest BCUT2D eigenvalue weighted by molar-refractivity contribution is 8.00. The molecule has 0 aromatic heterocycles. The fourth-order valence-electron chi connectivity index (χ4n) is 2.13. The number of hydrogen-bond donors (Lipinski definition) is 1. The predicted octanol–water partition coefficient (Wildman–Crippen LogP) is 5.01. The summed E-state index contributed by atoms with van der Waals surface area (Å²) in [6.07, 6.45) is 1.55. The normalized spacial score (nSPS) is 15.1. The van der Waals surface area contributed by atoms with Crippen LogP contribution < -0.4 is 5.32 Å². The van der Waals surface area contributed by atoms with Gasteiger partial charge in [0.25, 0.3) is 0 Å². The van der Waals surface area contributed by atoms with E-state index in [1.165, 1.54) is 0 Å². The van der Waals surface area contributed by atoms with E-state index >= 15 is 0 Å². The van der Waals surface area contributed by atoms with Gasteiger partial charge >= 0.3 is 5.51 Å². The molecule has 0 saturated carbocycles. The van der Waals surface area contributed by atoms with Crippen LogP contribution in [0.1, 0.15) is 38.3 Å². The Kier molecular flexibility index (Phi) is 7.45. The molecule has 5 heteroatoms. The fourth-order valence-corrected chi connectivity index (χ4v) is 2.86. The molecule has 0 amide bonds. The van der Waals surface area contributed by atoms with Gasteiger partial charge in [-0.1, -0.05) is 55.9 Å². The molecular formula is C15H22F3NS. The summed E-state index contributed by atoms with van der Waals surface area (Å²) in [5.41, 5.74) is -2.98. The van der Waals surface area contributed by atoms with Crippen molar-refractivity contribution >= 4 is 11.8 Å². The summed E-state index contributed by atoms with van der Waals surface area (Å²) in [5.74, 6) is 0.278. The minimum Gasteiger partial charge on any atom is -0.310 e. The molecule has 0 bridgehead atoms. The average molecular weight is 305 g/mol. The first-order chi connectivity index (χ1) is 9.44. The van der Waals surface area contributed by atoms with Gasteiger partial charge in [0.15, 0.2) is 0 Å². The SMILES string of the molecule is CCCNC(c1ccccc1)C(C)CCSC(F)(F)F. The van der Waals surface area contributed by atoms with Crippen LogP contribution in [0.15, 0.2) is 30.3 Å². The molecule has 1 aromatic rings. The monoisotopic (exact) mass is 305 g/mol. The zero-order valence-electron chi connectivity index (χ0n) is 11.9. The van der Waals surface area contributed by atoms with Crippen molar-refractivity contribution in [3.63, 3.8) is 0 Å². The molecule has 2 atom stereocenters. The Labute approximate surface area is 123 Å². The summed E-state index contributed by atoms with van der Waals surface area (Å²) in [5, 5.41) is 3.44. The fraction of sp³-hybridized carbons (Fsp3) is 0.600. The van der Waals surface area contributed by atoms with Gasteiger partial charge in [-0.15, -0.1) is 0 Å². The van der Waals surface area contributed by atoms with Gasteiger partial charge in [0.1, 0.15) is 0 Å². The van der Waals surface area contributed by atoms with Crippen LogP contribution in [0.5, 0.6) is 0 Å². The minimum absolute atomic E-state index is 0.0706. The van der Waals surface area contributed by atoms with Crippen LogP contribution in [0.25, 0.3) is 0 Å². The van der Waals surface area contributed by atoms with E-state index in [0.29, 0.717) is 6.42 Å². The Bertz CT molecular complexity index is 367. The number of nitrogens with one attached hydrogen (secondary N) is 1. The Morgan fingerprint density at radius 3 is 2.40 bits per heavy atom. The zero-order chi connectivity index (χ0) is 15.0. The Balaban J connectivity index is 2.59. The lowest BCUT2D eigenvalue weighted by atomic mass is 9.92. The van der Waals surface area contributed by atoms with E-state index < -0.39 is 5.51 Å². The maximum Gasteiger partial charge on any atom is 0.441 e. The van der Waals surface area contributed by atoms with Crippen molar-refractivity contribution in [1.82, 2.24) is 5.32 Å². The molecule has 0 aliphatic heterocycles. The molecule has 2 unspecified atom stereocenters. The number of hydrogen-bond acceptors (Lipinski definition) is 2. The number of rotatable bonds is 8. The van der Waals surface area contributed by atoms with Crippen molar-refractivity contribution in [1.29, 1.82) is 0 Å². The van der Waals surface area contributed by atoms with E-state index in [4.69, 9.17) is 0 Å². The number of alkyl halides is 3. The summed E-state index contributed by atoms with van der Waals surface area (Å²) in [7, 11) is 0. The van der Waals surface area contributed by atoms with Crippen molar-refractivity contribution in [2.45, 2.75) is 38.2 Å². The van der Waals surface area contributed by atoms with E-state index in [-0.39, 0.29) is 29.5 Å². The smallest absolute Gasteiger partial charge is 0.310 e. The van der Waals surface area contributed by atoms with Crippen LogP contribution >= 0.6 is 11.8 Å². The summed E-state index contributed by atoms with van der Waals surface area (Å²) in [4.78, 5) is 0. The molecule has 0 spiro atoms. The van der Waals surface area contributed by atoms with Gasteiger partial charge in [-0.25, -0.2) is 0 Å².